The lowest BCUT2D eigenvalue weighted by molar-refractivity contribution is 0.283. The van der Waals surface area contributed by atoms with Gasteiger partial charge in [-0.25, -0.2) is 0 Å². The zero-order valence-electron chi connectivity index (χ0n) is 13.3. The molecule has 3 heteroatoms. The number of benzene rings is 1. The van der Waals surface area contributed by atoms with Crippen LogP contribution in [-0.2, 0) is 0 Å². The summed E-state index contributed by atoms with van der Waals surface area (Å²) in [5.41, 5.74) is 2.56. The van der Waals surface area contributed by atoms with Crippen molar-refractivity contribution in [2.45, 2.75) is 32.7 Å². The van der Waals surface area contributed by atoms with Gasteiger partial charge in [-0.3, -0.25) is 0 Å². The third-order valence-corrected chi connectivity index (χ3v) is 4.50. The molecule has 3 nitrogen and oxygen atoms in total. The van der Waals surface area contributed by atoms with Gasteiger partial charge in [0.2, 0.25) is 0 Å². The maximum Gasteiger partial charge on any atom is 0.123 e. The van der Waals surface area contributed by atoms with E-state index in [1.807, 2.05) is 7.05 Å². The molecule has 1 aromatic rings. The molecule has 2 rings (SSSR count). The fraction of sp³-hybridized carbons (Fsp3) is 0.647. The molecule has 0 spiro atoms. The minimum Gasteiger partial charge on any atom is -0.496 e. The molecule has 0 aliphatic carbocycles. The van der Waals surface area contributed by atoms with Crippen LogP contribution in [0, 0.1) is 12.8 Å². The smallest absolute Gasteiger partial charge is 0.123 e. The van der Waals surface area contributed by atoms with Crippen LogP contribution in [0.2, 0.25) is 0 Å². The summed E-state index contributed by atoms with van der Waals surface area (Å²) >= 11 is 0. The van der Waals surface area contributed by atoms with E-state index in [0.29, 0.717) is 6.04 Å². The average molecular weight is 276 g/mol. The number of nitrogens with one attached hydrogen (secondary N) is 1. The number of aryl methyl sites for hydroxylation is 1. The Labute approximate surface area is 123 Å². The molecule has 0 bridgehead atoms. The highest BCUT2D eigenvalue weighted by Crippen LogP contribution is 2.28. The molecule has 1 aromatic carbocycles. The van der Waals surface area contributed by atoms with Crippen LogP contribution in [0.15, 0.2) is 18.2 Å². The summed E-state index contributed by atoms with van der Waals surface area (Å²) in [6.07, 6.45) is 2.65. The molecular formula is C17H28N2O. The lowest BCUT2D eigenvalue weighted by Gasteiger charge is -2.25. The Morgan fingerprint density at radius 2 is 2.25 bits per heavy atom. The first-order valence-corrected chi connectivity index (χ1v) is 7.72. The summed E-state index contributed by atoms with van der Waals surface area (Å²) in [7, 11) is 3.80. The minimum absolute atomic E-state index is 0.334. The Morgan fingerprint density at radius 3 is 2.85 bits per heavy atom. The molecule has 2 atom stereocenters. The Morgan fingerprint density at radius 1 is 1.45 bits per heavy atom. The first kappa shape index (κ1) is 15.3. The maximum absolute atomic E-state index is 5.53. The molecule has 1 heterocycles. The lowest BCUT2D eigenvalue weighted by Crippen LogP contribution is -2.32. The van der Waals surface area contributed by atoms with E-state index in [1.54, 1.807) is 7.11 Å². The van der Waals surface area contributed by atoms with Crippen LogP contribution in [0.25, 0.3) is 0 Å². The molecule has 2 unspecified atom stereocenters. The van der Waals surface area contributed by atoms with Crippen LogP contribution in [-0.4, -0.2) is 38.7 Å². The Balaban J connectivity index is 2.10. The summed E-state index contributed by atoms with van der Waals surface area (Å²) in [6, 6.07) is 6.76. The largest absolute Gasteiger partial charge is 0.496 e. The predicted molar refractivity (Wildman–Crippen MR) is 84.4 cm³/mol. The standard InChI is InChI=1S/C17H28N2O/c1-5-14-8-9-19(11-14)12-16(18-3)15-10-13(2)6-7-17(15)20-4/h6-7,10,14,16,18H,5,8-9,11-12H2,1-4H3. The van der Waals surface area contributed by atoms with Gasteiger partial charge in [0.05, 0.1) is 7.11 Å². The Kier molecular flexibility index (Phi) is 5.44. The first-order valence-electron chi connectivity index (χ1n) is 7.72. The van der Waals surface area contributed by atoms with Gasteiger partial charge in [-0.2, -0.15) is 0 Å². The van der Waals surface area contributed by atoms with Crippen molar-refractivity contribution < 1.29 is 4.74 Å². The highest BCUT2D eigenvalue weighted by atomic mass is 16.5. The molecule has 1 aliphatic rings. The number of hydrogen-bond acceptors (Lipinski definition) is 3. The first-order chi connectivity index (χ1) is 9.67. The maximum atomic E-state index is 5.53. The average Bonchev–Trinajstić information content (AvgIpc) is 2.92. The van der Waals surface area contributed by atoms with Gasteiger partial charge in [-0.15, -0.1) is 0 Å². The van der Waals surface area contributed by atoms with E-state index in [9.17, 15) is 0 Å². The molecule has 0 aromatic heterocycles. The Hall–Kier alpha value is -1.06. The highest BCUT2D eigenvalue weighted by Gasteiger charge is 2.24. The van der Waals surface area contributed by atoms with E-state index in [1.165, 1.54) is 37.1 Å². The van der Waals surface area contributed by atoms with E-state index >= 15 is 0 Å². The van der Waals surface area contributed by atoms with Gasteiger partial charge < -0.3 is 15.0 Å². The third kappa shape index (κ3) is 3.53. The van der Waals surface area contributed by atoms with Crippen molar-refractivity contribution in [3.05, 3.63) is 29.3 Å². The molecule has 1 saturated heterocycles. The number of rotatable bonds is 6. The molecule has 20 heavy (non-hydrogen) atoms. The SMILES string of the molecule is CCC1CCN(CC(NC)c2cc(C)ccc2OC)C1. The quantitative estimate of drug-likeness (QED) is 0.864. The van der Waals surface area contributed by atoms with Crippen LogP contribution in [0.4, 0.5) is 0 Å². The van der Waals surface area contributed by atoms with Crippen LogP contribution >= 0.6 is 0 Å². The summed E-state index contributed by atoms with van der Waals surface area (Å²) in [5, 5.41) is 3.46. The highest BCUT2D eigenvalue weighted by molar-refractivity contribution is 5.39. The fourth-order valence-corrected chi connectivity index (χ4v) is 3.14. The monoisotopic (exact) mass is 276 g/mol. The molecular weight excluding hydrogens is 248 g/mol. The third-order valence-electron chi connectivity index (χ3n) is 4.50. The second-order valence-corrected chi connectivity index (χ2v) is 5.91. The van der Waals surface area contributed by atoms with Crippen molar-refractivity contribution in [2.24, 2.45) is 5.92 Å². The lowest BCUT2D eigenvalue weighted by atomic mass is 10.0. The van der Waals surface area contributed by atoms with E-state index < -0.39 is 0 Å². The van der Waals surface area contributed by atoms with E-state index in [0.717, 1.165) is 18.2 Å². The van der Waals surface area contributed by atoms with Crippen LogP contribution in [0.5, 0.6) is 5.75 Å². The van der Waals surface area contributed by atoms with E-state index in [2.05, 4.69) is 42.3 Å². The van der Waals surface area contributed by atoms with E-state index in [4.69, 9.17) is 4.74 Å². The van der Waals surface area contributed by atoms with Gasteiger partial charge in [0.15, 0.2) is 0 Å². The predicted octanol–water partition coefficient (Wildman–Crippen LogP) is 3.00. The van der Waals surface area contributed by atoms with Crippen molar-refractivity contribution in [1.29, 1.82) is 0 Å². The molecule has 0 saturated carbocycles. The van der Waals surface area contributed by atoms with Crippen molar-refractivity contribution in [1.82, 2.24) is 10.2 Å². The summed E-state index contributed by atoms with van der Waals surface area (Å²) in [6.45, 7) is 7.96. The van der Waals surface area contributed by atoms with Gasteiger partial charge >= 0.3 is 0 Å². The molecule has 0 radical (unpaired) electrons. The second kappa shape index (κ2) is 7.09. The van der Waals surface area contributed by atoms with Gasteiger partial charge in [0.25, 0.3) is 0 Å². The normalized spacial score (nSPS) is 21.1. The summed E-state index contributed by atoms with van der Waals surface area (Å²) in [5.74, 6) is 1.87. The van der Waals surface area contributed by atoms with Crippen molar-refractivity contribution in [2.75, 3.05) is 33.8 Å². The number of methoxy groups -OCH3 is 1. The van der Waals surface area contributed by atoms with Crippen molar-refractivity contribution in [3.8, 4) is 5.75 Å². The van der Waals surface area contributed by atoms with E-state index in [-0.39, 0.29) is 0 Å². The summed E-state index contributed by atoms with van der Waals surface area (Å²) in [4.78, 5) is 2.58. The van der Waals surface area contributed by atoms with Crippen molar-refractivity contribution in [3.63, 3.8) is 0 Å². The molecule has 112 valence electrons. The number of ether oxygens (including phenoxy) is 1. The topological polar surface area (TPSA) is 24.5 Å². The molecule has 1 aliphatic heterocycles. The number of nitrogens with zero attached hydrogens (tertiary/aromatic N) is 1. The van der Waals surface area contributed by atoms with Gasteiger partial charge in [0.1, 0.15) is 5.75 Å². The fourth-order valence-electron chi connectivity index (χ4n) is 3.14. The number of likely N-dealkylation sites (tertiary alicyclic amines) is 1. The van der Waals surface area contributed by atoms with Gasteiger partial charge in [0, 0.05) is 24.7 Å². The zero-order valence-corrected chi connectivity index (χ0v) is 13.3. The van der Waals surface area contributed by atoms with Crippen molar-refractivity contribution >= 4 is 0 Å². The zero-order chi connectivity index (χ0) is 14.5. The van der Waals surface area contributed by atoms with Crippen LogP contribution in [0.1, 0.15) is 36.9 Å². The number of likely N-dealkylation sites (N-methyl/N-ethyl adjacent to an activating group) is 1. The minimum atomic E-state index is 0.334. The molecule has 0 amide bonds. The van der Waals surface area contributed by atoms with Crippen LogP contribution in [0.3, 0.4) is 0 Å². The van der Waals surface area contributed by atoms with Gasteiger partial charge in [-0.1, -0.05) is 31.0 Å². The molecule has 1 fully saturated rings. The second-order valence-electron chi connectivity index (χ2n) is 5.91. The van der Waals surface area contributed by atoms with Gasteiger partial charge in [-0.05, 0) is 38.9 Å². The summed E-state index contributed by atoms with van der Waals surface area (Å²) < 4.78 is 5.53. The Bertz CT molecular complexity index is 433. The number of hydrogen-bond donors (Lipinski definition) is 1. The molecule has 1 N–H and O–H groups in total. The van der Waals surface area contributed by atoms with Crippen LogP contribution < -0.4 is 10.1 Å².